The fourth-order valence-electron chi connectivity index (χ4n) is 4.02. The number of fused-ring (bicyclic) bond motifs is 1. The molecule has 1 atom stereocenters. The molecule has 1 fully saturated rings. The summed E-state index contributed by atoms with van der Waals surface area (Å²) in [6.45, 7) is 4.90. The summed E-state index contributed by atoms with van der Waals surface area (Å²) in [7, 11) is 0. The topological polar surface area (TPSA) is 122 Å². The van der Waals surface area contributed by atoms with Gasteiger partial charge in [-0.05, 0) is 31.0 Å². The summed E-state index contributed by atoms with van der Waals surface area (Å²) < 4.78 is 0. The molecule has 4 rings (SSSR count). The minimum absolute atomic E-state index is 0.133. The highest BCUT2D eigenvalue weighted by molar-refractivity contribution is 5.95. The van der Waals surface area contributed by atoms with Gasteiger partial charge in [-0.3, -0.25) is 20.1 Å². The van der Waals surface area contributed by atoms with Crippen molar-refractivity contribution < 1.29 is 14.4 Å². The molecule has 0 saturated carbocycles. The molecule has 10 nitrogen and oxygen atoms in total. The Bertz CT molecular complexity index is 969. The number of hydrogen-bond acceptors (Lipinski definition) is 5. The Labute approximate surface area is 174 Å². The normalized spacial score (nSPS) is 18.4. The van der Waals surface area contributed by atoms with Gasteiger partial charge in [-0.25, -0.2) is 9.80 Å². The second kappa shape index (κ2) is 8.15. The summed E-state index contributed by atoms with van der Waals surface area (Å²) in [5, 5.41) is 14.5. The van der Waals surface area contributed by atoms with E-state index in [1.165, 1.54) is 6.92 Å². The zero-order valence-electron chi connectivity index (χ0n) is 17.0. The quantitative estimate of drug-likeness (QED) is 0.596. The van der Waals surface area contributed by atoms with Crippen molar-refractivity contribution >= 4 is 29.4 Å². The number of carbonyl (C=O) groups is 3. The summed E-state index contributed by atoms with van der Waals surface area (Å²) in [5.74, 6) is 0.438. The van der Waals surface area contributed by atoms with Gasteiger partial charge in [-0.1, -0.05) is 12.1 Å². The van der Waals surface area contributed by atoms with E-state index in [2.05, 4.69) is 26.3 Å². The van der Waals surface area contributed by atoms with Gasteiger partial charge in [-0.15, -0.1) is 0 Å². The van der Waals surface area contributed by atoms with Crippen LogP contribution in [0.5, 0.6) is 0 Å². The van der Waals surface area contributed by atoms with Crippen molar-refractivity contribution in [2.75, 3.05) is 23.3 Å². The van der Waals surface area contributed by atoms with Crippen LogP contribution in [-0.2, 0) is 16.1 Å². The van der Waals surface area contributed by atoms with Gasteiger partial charge in [-0.2, -0.15) is 5.10 Å². The summed E-state index contributed by atoms with van der Waals surface area (Å²) >= 11 is 0. The number of hydrogen-bond donors (Lipinski definition) is 4. The van der Waals surface area contributed by atoms with Gasteiger partial charge in [0.25, 0.3) is 0 Å². The van der Waals surface area contributed by atoms with Gasteiger partial charge in [0, 0.05) is 37.7 Å². The van der Waals surface area contributed by atoms with Crippen molar-refractivity contribution in [1.29, 1.82) is 0 Å². The molecule has 30 heavy (non-hydrogen) atoms. The summed E-state index contributed by atoms with van der Waals surface area (Å²) in [4.78, 5) is 37.6. The van der Waals surface area contributed by atoms with Crippen LogP contribution in [0, 0.1) is 0 Å². The van der Waals surface area contributed by atoms with E-state index in [9.17, 15) is 14.4 Å². The maximum Gasteiger partial charge on any atom is 0.329 e. The number of urea groups is 1. The van der Waals surface area contributed by atoms with E-state index in [1.807, 2.05) is 31.2 Å². The summed E-state index contributed by atoms with van der Waals surface area (Å²) in [6, 6.07) is 7.07. The lowest BCUT2D eigenvalue weighted by Gasteiger charge is -2.27. The molecule has 1 aromatic heterocycles. The Hall–Kier alpha value is -3.40. The highest BCUT2D eigenvalue weighted by atomic mass is 16.2. The van der Waals surface area contributed by atoms with Gasteiger partial charge in [0.1, 0.15) is 5.82 Å². The van der Waals surface area contributed by atoms with E-state index in [0.29, 0.717) is 25.3 Å². The number of carbonyl (C=O) groups excluding carboxylic acids is 3. The largest absolute Gasteiger partial charge is 0.337 e. The first kappa shape index (κ1) is 19.9. The molecule has 2 aromatic rings. The summed E-state index contributed by atoms with van der Waals surface area (Å²) in [6.07, 6.45) is 1.44. The van der Waals surface area contributed by atoms with Crippen LogP contribution in [0.4, 0.5) is 16.3 Å². The molecule has 1 saturated heterocycles. The third-order valence-electron chi connectivity index (χ3n) is 5.27. The van der Waals surface area contributed by atoms with Crippen molar-refractivity contribution in [3.05, 3.63) is 41.1 Å². The number of H-pyrrole nitrogens is 1. The number of benzene rings is 1. The van der Waals surface area contributed by atoms with Crippen LogP contribution in [0.15, 0.2) is 24.3 Å². The maximum absolute atomic E-state index is 12.2. The minimum Gasteiger partial charge on any atom is -0.337 e. The smallest absolute Gasteiger partial charge is 0.329 e. The van der Waals surface area contributed by atoms with Gasteiger partial charge < -0.3 is 15.5 Å². The van der Waals surface area contributed by atoms with Crippen LogP contribution in [0.1, 0.15) is 49.6 Å². The van der Waals surface area contributed by atoms with Crippen LogP contribution in [0.25, 0.3) is 0 Å². The standard InChI is InChI=1S/C20H25N7O3/c1-3-21-20(30)25-27-11-15-17(19(24-23-15)22-12(2)28)18(27)13-6-8-14(9-7-13)26-10-4-5-16(26)29/h6-9,18H,3-5,10-11H2,1-2H3,(H2,21,25,30)(H2,22,23,24,28). The molecular formula is C20H25N7O3. The Morgan fingerprint density at radius 3 is 2.67 bits per heavy atom. The number of amides is 4. The van der Waals surface area contributed by atoms with E-state index in [0.717, 1.165) is 35.5 Å². The molecule has 0 bridgehead atoms. The van der Waals surface area contributed by atoms with Crippen LogP contribution < -0.4 is 21.0 Å². The molecular weight excluding hydrogens is 386 g/mol. The molecule has 4 N–H and O–H groups in total. The first-order valence-corrected chi connectivity index (χ1v) is 10.0. The monoisotopic (exact) mass is 411 g/mol. The second-order valence-corrected chi connectivity index (χ2v) is 7.38. The third-order valence-corrected chi connectivity index (χ3v) is 5.27. The lowest BCUT2D eigenvalue weighted by atomic mass is 10.0. The second-order valence-electron chi connectivity index (χ2n) is 7.38. The highest BCUT2D eigenvalue weighted by Crippen LogP contribution is 2.41. The van der Waals surface area contributed by atoms with Crippen molar-refractivity contribution in [2.24, 2.45) is 0 Å². The summed E-state index contributed by atoms with van der Waals surface area (Å²) in [5.41, 5.74) is 6.20. The zero-order chi connectivity index (χ0) is 21.3. The van der Waals surface area contributed by atoms with Crippen molar-refractivity contribution in [2.45, 2.75) is 39.3 Å². The third kappa shape index (κ3) is 3.73. The maximum atomic E-state index is 12.2. The number of nitrogens with one attached hydrogen (secondary N) is 4. The number of aromatic amines is 1. The van der Waals surface area contributed by atoms with Crippen LogP contribution >= 0.6 is 0 Å². The number of hydrazine groups is 1. The van der Waals surface area contributed by atoms with Gasteiger partial charge >= 0.3 is 6.03 Å². The molecule has 0 aliphatic carbocycles. The average molecular weight is 411 g/mol. The van der Waals surface area contributed by atoms with E-state index in [1.54, 1.807) is 9.91 Å². The molecule has 2 aliphatic heterocycles. The predicted molar refractivity (Wildman–Crippen MR) is 111 cm³/mol. The van der Waals surface area contributed by atoms with Gasteiger partial charge in [0.15, 0.2) is 0 Å². The predicted octanol–water partition coefficient (Wildman–Crippen LogP) is 1.63. The Morgan fingerprint density at radius 1 is 1.27 bits per heavy atom. The Morgan fingerprint density at radius 2 is 2.03 bits per heavy atom. The molecule has 158 valence electrons. The molecule has 3 heterocycles. The van der Waals surface area contributed by atoms with Crippen molar-refractivity contribution in [1.82, 2.24) is 25.9 Å². The first-order valence-electron chi connectivity index (χ1n) is 10.0. The fraction of sp³-hybridized carbons (Fsp3) is 0.400. The molecule has 2 aliphatic rings. The molecule has 0 radical (unpaired) electrons. The van der Waals surface area contributed by atoms with E-state index < -0.39 is 0 Å². The highest BCUT2D eigenvalue weighted by Gasteiger charge is 2.38. The zero-order valence-corrected chi connectivity index (χ0v) is 17.0. The van der Waals surface area contributed by atoms with E-state index in [4.69, 9.17) is 0 Å². The van der Waals surface area contributed by atoms with E-state index >= 15 is 0 Å². The minimum atomic E-state index is -0.341. The van der Waals surface area contributed by atoms with Crippen LogP contribution in [-0.4, -0.2) is 46.1 Å². The van der Waals surface area contributed by atoms with E-state index in [-0.39, 0.29) is 23.9 Å². The number of anilines is 2. The number of rotatable bonds is 5. The van der Waals surface area contributed by atoms with Crippen LogP contribution in [0.2, 0.25) is 0 Å². The van der Waals surface area contributed by atoms with Gasteiger partial charge in [0.05, 0.1) is 18.3 Å². The lowest BCUT2D eigenvalue weighted by Crippen LogP contribution is -2.46. The van der Waals surface area contributed by atoms with Crippen molar-refractivity contribution in [3.63, 3.8) is 0 Å². The van der Waals surface area contributed by atoms with Crippen LogP contribution in [0.3, 0.4) is 0 Å². The number of nitrogens with zero attached hydrogens (tertiary/aromatic N) is 3. The molecule has 4 amide bonds. The van der Waals surface area contributed by atoms with Crippen molar-refractivity contribution in [3.8, 4) is 0 Å². The number of aromatic nitrogens is 2. The SMILES string of the molecule is CCNC(=O)NN1Cc2n[nH]c(NC(C)=O)c2C1c1ccc(N2CCCC2=O)cc1. The lowest BCUT2D eigenvalue weighted by molar-refractivity contribution is -0.117. The fourth-order valence-corrected chi connectivity index (χ4v) is 4.02. The Balaban J connectivity index is 1.66. The molecule has 1 aromatic carbocycles. The van der Waals surface area contributed by atoms with Gasteiger partial charge in [0.2, 0.25) is 11.8 Å². The average Bonchev–Trinajstić information content (AvgIpc) is 3.38. The first-order chi connectivity index (χ1) is 14.5. The Kier molecular flexibility index (Phi) is 5.40. The molecule has 0 spiro atoms. The molecule has 1 unspecified atom stereocenters. The molecule has 10 heteroatoms.